The second-order valence-electron chi connectivity index (χ2n) is 7.27. The maximum Gasteiger partial charge on any atom is 0.263 e. The maximum atomic E-state index is 13.1. The lowest BCUT2D eigenvalue weighted by Crippen LogP contribution is -2.39. The molecular weight excluding hydrogens is 406 g/mol. The number of anilines is 2. The minimum Gasteiger partial charge on any atom is -0.497 e. The van der Waals surface area contributed by atoms with Gasteiger partial charge in [-0.25, -0.2) is 8.42 Å². The van der Waals surface area contributed by atoms with Crippen LogP contribution in [0.5, 0.6) is 5.75 Å². The highest BCUT2D eigenvalue weighted by Gasteiger charge is 2.21. The molecule has 2 aromatic rings. The summed E-state index contributed by atoms with van der Waals surface area (Å²) in [6, 6.07) is 12.3. The van der Waals surface area contributed by atoms with Crippen LogP contribution in [0, 0.1) is 6.92 Å². The summed E-state index contributed by atoms with van der Waals surface area (Å²) in [4.78, 5) is 0.154. The molecule has 0 heterocycles. The van der Waals surface area contributed by atoms with Crippen LogP contribution in [0.25, 0.3) is 0 Å². The van der Waals surface area contributed by atoms with E-state index in [1.807, 2.05) is 13.0 Å². The van der Waals surface area contributed by atoms with Crippen LogP contribution in [0.1, 0.15) is 37.7 Å². The topological polar surface area (TPSA) is 79.5 Å². The summed E-state index contributed by atoms with van der Waals surface area (Å²) in [7, 11) is -2.24. The van der Waals surface area contributed by atoms with Crippen LogP contribution >= 0.6 is 12.2 Å². The number of benzene rings is 2. The van der Waals surface area contributed by atoms with Crippen molar-refractivity contribution in [3.63, 3.8) is 0 Å². The number of ether oxygens (including phenoxy) is 1. The van der Waals surface area contributed by atoms with Gasteiger partial charge in [0.25, 0.3) is 10.0 Å². The molecule has 0 bridgehead atoms. The van der Waals surface area contributed by atoms with Gasteiger partial charge in [0, 0.05) is 11.7 Å². The number of rotatable bonds is 6. The Morgan fingerprint density at radius 1 is 1.07 bits per heavy atom. The molecule has 8 heteroatoms. The third-order valence-corrected chi connectivity index (χ3v) is 6.60. The molecule has 0 saturated heterocycles. The van der Waals surface area contributed by atoms with E-state index in [4.69, 9.17) is 17.0 Å². The van der Waals surface area contributed by atoms with E-state index in [-0.39, 0.29) is 4.90 Å². The molecule has 0 radical (unpaired) electrons. The number of hydrogen-bond acceptors (Lipinski definition) is 4. The summed E-state index contributed by atoms with van der Waals surface area (Å²) < 4.78 is 33.8. The predicted octanol–water partition coefficient (Wildman–Crippen LogP) is 4.42. The first-order chi connectivity index (χ1) is 13.9. The molecule has 0 aromatic heterocycles. The molecule has 1 aliphatic rings. The Kier molecular flexibility index (Phi) is 6.97. The number of nitrogens with one attached hydrogen (secondary N) is 3. The average Bonchev–Trinajstić information content (AvgIpc) is 2.70. The minimum atomic E-state index is -3.81. The molecule has 2 aromatic carbocycles. The average molecular weight is 434 g/mol. The van der Waals surface area contributed by atoms with Crippen molar-refractivity contribution < 1.29 is 13.2 Å². The molecule has 1 fully saturated rings. The van der Waals surface area contributed by atoms with Crippen molar-refractivity contribution in [2.45, 2.75) is 50.0 Å². The molecule has 1 aliphatic carbocycles. The first-order valence-corrected chi connectivity index (χ1v) is 11.6. The summed E-state index contributed by atoms with van der Waals surface area (Å²) in [6.07, 6.45) is 5.81. The van der Waals surface area contributed by atoms with Crippen molar-refractivity contribution in [2.75, 3.05) is 17.1 Å². The van der Waals surface area contributed by atoms with Gasteiger partial charge in [0.05, 0.1) is 12.8 Å². The van der Waals surface area contributed by atoms with E-state index < -0.39 is 10.0 Å². The molecule has 0 unspecified atom stereocenters. The molecule has 3 N–H and O–H groups in total. The van der Waals surface area contributed by atoms with Crippen molar-refractivity contribution in [1.82, 2.24) is 5.32 Å². The largest absolute Gasteiger partial charge is 0.497 e. The van der Waals surface area contributed by atoms with Gasteiger partial charge in [0.1, 0.15) is 10.6 Å². The van der Waals surface area contributed by atoms with Crippen molar-refractivity contribution in [3.05, 3.63) is 48.0 Å². The zero-order chi connectivity index (χ0) is 20.9. The van der Waals surface area contributed by atoms with Gasteiger partial charge < -0.3 is 15.4 Å². The van der Waals surface area contributed by atoms with E-state index in [9.17, 15) is 8.42 Å². The van der Waals surface area contributed by atoms with Crippen molar-refractivity contribution in [3.8, 4) is 5.75 Å². The van der Waals surface area contributed by atoms with Gasteiger partial charge in [0.2, 0.25) is 0 Å². The Morgan fingerprint density at radius 2 is 1.76 bits per heavy atom. The fourth-order valence-corrected chi connectivity index (χ4v) is 5.00. The molecule has 3 rings (SSSR count). The van der Waals surface area contributed by atoms with Gasteiger partial charge in [-0.15, -0.1) is 0 Å². The van der Waals surface area contributed by atoms with Crippen molar-refractivity contribution in [2.24, 2.45) is 0 Å². The Morgan fingerprint density at radius 3 is 2.41 bits per heavy atom. The zero-order valence-electron chi connectivity index (χ0n) is 16.7. The van der Waals surface area contributed by atoms with E-state index in [1.165, 1.54) is 19.3 Å². The van der Waals surface area contributed by atoms with Gasteiger partial charge in [-0.1, -0.05) is 25.3 Å². The van der Waals surface area contributed by atoms with E-state index in [0.29, 0.717) is 28.3 Å². The van der Waals surface area contributed by atoms with Crippen LogP contribution < -0.4 is 20.1 Å². The molecule has 156 valence electrons. The minimum absolute atomic E-state index is 0.154. The van der Waals surface area contributed by atoms with Crippen molar-refractivity contribution in [1.29, 1.82) is 0 Å². The van der Waals surface area contributed by atoms with Gasteiger partial charge in [0.15, 0.2) is 5.11 Å². The fraction of sp³-hybridized carbons (Fsp3) is 0.381. The first-order valence-electron chi connectivity index (χ1n) is 9.72. The lowest BCUT2D eigenvalue weighted by atomic mass is 9.96. The number of aryl methyl sites for hydroxylation is 1. The lowest BCUT2D eigenvalue weighted by Gasteiger charge is -2.25. The monoisotopic (exact) mass is 433 g/mol. The number of thiocarbonyl (C=S) groups is 1. The van der Waals surface area contributed by atoms with Crippen LogP contribution in [0.3, 0.4) is 0 Å². The zero-order valence-corrected chi connectivity index (χ0v) is 18.3. The van der Waals surface area contributed by atoms with Crippen LogP contribution in [0.2, 0.25) is 0 Å². The van der Waals surface area contributed by atoms with Gasteiger partial charge in [-0.3, -0.25) is 4.72 Å². The highest BCUT2D eigenvalue weighted by Crippen LogP contribution is 2.26. The molecule has 6 nitrogen and oxygen atoms in total. The van der Waals surface area contributed by atoms with Crippen LogP contribution in [0.15, 0.2) is 47.4 Å². The van der Waals surface area contributed by atoms with Gasteiger partial charge in [-0.05, 0) is 73.9 Å². The first kappa shape index (κ1) is 21.4. The number of sulfonamides is 1. The van der Waals surface area contributed by atoms with Crippen LogP contribution in [0.4, 0.5) is 11.4 Å². The lowest BCUT2D eigenvalue weighted by molar-refractivity contribution is 0.414. The summed E-state index contributed by atoms with van der Waals surface area (Å²) >= 11 is 5.44. The summed E-state index contributed by atoms with van der Waals surface area (Å²) in [5.41, 5.74) is 1.75. The van der Waals surface area contributed by atoms with E-state index in [0.717, 1.165) is 18.4 Å². The van der Waals surface area contributed by atoms with E-state index in [1.54, 1.807) is 43.5 Å². The molecule has 29 heavy (non-hydrogen) atoms. The van der Waals surface area contributed by atoms with E-state index >= 15 is 0 Å². The van der Waals surface area contributed by atoms with Crippen molar-refractivity contribution >= 4 is 38.7 Å². The Labute approximate surface area is 178 Å². The second-order valence-corrected chi connectivity index (χ2v) is 9.33. The summed E-state index contributed by atoms with van der Waals surface area (Å²) in [6.45, 7) is 1.86. The normalized spacial score (nSPS) is 14.8. The van der Waals surface area contributed by atoms with Gasteiger partial charge >= 0.3 is 0 Å². The second kappa shape index (κ2) is 9.45. The summed E-state index contributed by atoms with van der Waals surface area (Å²) in [5.74, 6) is 0.657. The molecule has 1 saturated carbocycles. The maximum absolute atomic E-state index is 13.1. The molecule has 0 spiro atoms. The molecule has 0 aliphatic heterocycles. The smallest absolute Gasteiger partial charge is 0.263 e. The third kappa shape index (κ3) is 5.83. The molecule has 0 amide bonds. The Hall–Kier alpha value is -2.32. The SMILES string of the molecule is COc1ccc(NS(=O)(=O)c2cc(C)ccc2NC(=S)NC2CCCCC2)cc1. The van der Waals surface area contributed by atoms with Gasteiger partial charge in [-0.2, -0.15) is 0 Å². The fourth-order valence-electron chi connectivity index (χ4n) is 3.42. The number of hydrogen-bond donors (Lipinski definition) is 3. The molecule has 0 atom stereocenters. The highest BCUT2D eigenvalue weighted by molar-refractivity contribution is 7.93. The molecular formula is C21H27N3O3S2. The Balaban J connectivity index is 1.78. The Bertz CT molecular complexity index is 954. The van der Waals surface area contributed by atoms with E-state index in [2.05, 4.69) is 15.4 Å². The number of methoxy groups -OCH3 is 1. The summed E-state index contributed by atoms with van der Waals surface area (Å²) in [5, 5.41) is 6.84. The third-order valence-electron chi connectivity index (χ3n) is 4.96. The standard InChI is InChI=1S/C21H27N3O3S2/c1-15-8-13-19(23-21(28)22-16-6-4-3-5-7-16)20(14-15)29(25,26)24-17-9-11-18(27-2)12-10-17/h8-14,16,24H,3-7H2,1-2H3,(H2,22,23,28). The predicted molar refractivity (Wildman–Crippen MR) is 121 cm³/mol. The quantitative estimate of drug-likeness (QED) is 0.585. The van der Waals surface area contributed by atoms with Crippen LogP contribution in [-0.4, -0.2) is 26.7 Å². The van der Waals surface area contributed by atoms with Crippen LogP contribution in [-0.2, 0) is 10.0 Å². The highest BCUT2D eigenvalue weighted by atomic mass is 32.2.